The molecule has 0 aliphatic carbocycles. The largest absolute Gasteiger partial charge is 0.319 e. The highest BCUT2D eigenvalue weighted by atomic mass is 35.5. The topological polar surface area (TPSA) is 59.8 Å². The van der Waals surface area contributed by atoms with Crippen molar-refractivity contribution in [3.8, 4) is 17.1 Å². The maximum atomic E-state index is 13.0. The Balaban J connectivity index is 1.78. The van der Waals surface area contributed by atoms with Gasteiger partial charge in [-0.2, -0.15) is 0 Å². The second-order valence-electron chi connectivity index (χ2n) is 7.72. The summed E-state index contributed by atoms with van der Waals surface area (Å²) >= 11 is 6.06. The minimum absolute atomic E-state index is 0.101. The van der Waals surface area contributed by atoms with E-state index in [9.17, 15) is 4.79 Å². The lowest BCUT2D eigenvalue weighted by Gasteiger charge is -2.08. The number of benzene rings is 3. The predicted molar refractivity (Wildman–Crippen MR) is 125 cm³/mol. The maximum absolute atomic E-state index is 13.0. The predicted octanol–water partition coefficient (Wildman–Crippen LogP) is 6.07. The third kappa shape index (κ3) is 4.37. The number of hydrogen-bond acceptors (Lipinski definition) is 3. The standard InChI is InChI=1S/C25H23ClN4O/c1-15-5-6-17(3)22(13-15)27-25(31)23-28-24(19-8-10-20(26)11-9-19)30(29-23)21-12-7-16(2)18(4)14-21/h5-14H,1-4H3,(H,27,31). The molecule has 1 amide bonds. The molecule has 0 bridgehead atoms. The van der Waals surface area contributed by atoms with Crippen molar-refractivity contribution in [1.29, 1.82) is 0 Å². The van der Waals surface area contributed by atoms with Gasteiger partial charge >= 0.3 is 0 Å². The number of nitrogens with zero attached hydrogens (tertiary/aromatic N) is 3. The van der Waals surface area contributed by atoms with Gasteiger partial charge in [-0.05, 0) is 92.4 Å². The Labute approximate surface area is 186 Å². The van der Waals surface area contributed by atoms with Gasteiger partial charge in [0.15, 0.2) is 5.82 Å². The van der Waals surface area contributed by atoms with Crippen LogP contribution < -0.4 is 5.32 Å². The highest BCUT2D eigenvalue weighted by Crippen LogP contribution is 2.25. The molecule has 4 rings (SSSR count). The first-order valence-corrected chi connectivity index (χ1v) is 10.4. The Kier molecular flexibility index (Phi) is 5.61. The molecule has 156 valence electrons. The smallest absolute Gasteiger partial charge is 0.295 e. The van der Waals surface area contributed by atoms with E-state index in [1.807, 2.05) is 69.3 Å². The third-order valence-corrected chi connectivity index (χ3v) is 5.54. The summed E-state index contributed by atoms with van der Waals surface area (Å²) < 4.78 is 1.70. The zero-order chi connectivity index (χ0) is 22.1. The van der Waals surface area contributed by atoms with Crippen molar-refractivity contribution in [2.45, 2.75) is 27.7 Å². The van der Waals surface area contributed by atoms with Crippen LogP contribution in [-0.4, -0.2) is 20.7 Å². The van der Waals surface area contributed by atoms with E-state index < -0.39 is 0 Å². The van der Waals surface area contributed by atoms with Gasteiger partial charge in [-0.3, -0.25) is 4.79 Å². The van der Waals surface area contributed by atoms with Crippen molar-refractivity contribution in [1.82, 2.24) is 14.8 Å². The molecule has 0 spiro atoms. The Morgan fingerprint density at radius 1 is 0.871 bits per heavy atom. The maximum Gasteiger partial charge on any atom is 0.295 e. The van der Waals surface area contributed by atoms with Gasteiger partial charge in [0.1, 0.15) is 0 Å². The van der Waals surface area contributed by atoms with E-state index >= 15 is 0 Å². The average Bonchev–Trinajstić information content (AvgIpc) is 3.19. The van der Waals surface area contributed by atoms with Gasteiger partial charge in [-0.15, -0.1) is 5.10 Å². The van der Waals surface area contributed by atoms with Gasteiger partial charge in [0.2, 0.25) is 5.82 Å². The third-order valence-electron chi connectivity index (χ3n) is 5.29. The van der Waals surface area contributed by atoms with Crippen molar-refractivity contribution in [3.05, 3.63) is 93.8 Å². The summed E-state index contributed by atoms with van der Waals surface area (Å²) in [4.78, 5) is 17.6. The summed E-state index contributed by atoms with van der Waals surface area (Å²) in [5, 5.41) is 8.13. The molecule has 3 aromatic carbocycles. The minimum atomic E-state index is -0.355. The van der Waals surface area contributed by atoms with Gasteiger partial charge in [-0.1, -0.05) is 29.8 Å². The van der Waals surface area contributed by atoms with Gasteiger partial charge in [0, 0.05) is 16.3 Å². The van der Waals surface area contributed by atoms with E-state index in [1.165, 1.54) is 5.56 Å². The monoisotopic (exact) mass is 430 g/mol. The molecule has 5 nitrogen and oxygen atoms in total. The molecule has 0 aliphatic rings. The van der Waals surface area contributed by atoms with Crippen LogP contribution in [0.15, 0.2) is 60.7 Å². The van der Waals surface area contributed by atoms with Gasteiger partial charge in [0.25, 0.3) is 5.91 Å². The molecule has 31 heavy (non-hydrogen) atoms. The molecule has 0 radical (unpaired) electrons. The zero-order valence-electron chi connectivity index (χ0n) is 17.9. The van der Waals surface area contributed by atoms with E-state index in [4.69, 9.17) is 11.6 Å². The fourth-order valence-electron chi connectivity index (χ4n) is 3.28. The fraction of sp³-hybridized carbons (Fsp3) is 0.160. The Morgan fingerprint density at radius 2 is 1.58 bits per heavy atom. The second-order valence-corrected chi connectivity index (χ2v) is 8.16. The van der Waals surface area contributed by atoms with Crippen LogP contribution >= 0.6 is 11.6 Å². The van der Waals surface area contributed by atoms with Crippen molar-refractivity contribution >= 4 is 23.2 Å². The summed E-state index contributed by atoms with van der Waals surface area (Å²) in [5.41, 5.74) is 6.77. The number of hydrogen-bond donors (Lipinski definition) is 1. The Bertz CT molecular complexity index is 1280. The number of anilines is 1. The van der Waals surface area contributed by atoms with Gasteiger partial charge in [0.05, 0.1) is 5.69 Å². The van der Waals surface area contributed by atoms with E-state index in [0.29, 0.717) is 10.8 Å². The number of aromatic nitrogens is 3. The van der Waals surface area contributed by atoms with Crippen molar-refractivity contribution < 1.29 is 4.79 Å². The highest BCUT2D eigenvalue weighted by Gasteiger charge is 2.20. The first-order valence-electron chi connectivity index (χ1n) is 10.0. The van der Waals surface area contributed by atoms with E-state index in [1.54, 1.807) is 16.8 Å². The van der Waals surface area contributed by atoms with Crippen LogP contribution in [0.2, 0.25) is 5.02 Å². The molecular formula is C25H23ClN4O. The Morgan fingerprint density at radius 3 is 2.29 bits per heavy atom. The number of carbonyl (C=O) groups is 1. The molecule has 1 heterocycles. The van der Waals surface area contributed by atoms with Crippen LogP contribution in [-0.2, 0) is 0 Å². The summed E-state index contributed by atoms with van der Waals surface area (Å²) in [6.45, 7) is 8.05. The molecule has 0 saturated carbocycles. The zero-order valence-corrected chi connectivity index (χ0v) is 18.7. The summed E-state index contributed by atoms with van der Waals surface area (Å²) in [5.74, 6) is 0.321. The second kappa shape index (κ2) is 8.36. The SMILES string of the molecule is Cc1ccc(C)c(NC(=O)c2nc(-c3ccc(Cl)cc3)n(-c3ccc(C)c(C)c3)n2)c1. The van der Waals surface area contributed by atoms with Gasteiger partial charge in [-0.25, -0.2) is 9.67 Å². The number of nitrogens with one attached hydrogen (secondary N) is 1. The van der Waals surface area contributed by atoms with Gasteiger partial charge < -0.3 is 5.32 Å². The lowest BCUT2D eigenvalue weighted by Crippen LogP contribution is -2.15. The van der Waals surface area contributed by atoms with Crippen LogP contribution in [0.25, 0.3) is 17.1 Å². The number of aryl methyl sites for hydroxylation is 4. The first-order chi connectivity index (χ1) is 14.8. The summed E-state index contributed by atoms with van der Waals surface area (Å²) in [6, 6.07) is 19.3. The average molecular weight is 431 g/mol. The first kappa shape index (κ1) is 20.8. The van der Waals surface area contributed by atoms with E-state index in [-0.39, 0.29) is 11.7 Å². The molecule has 1 aromatic heterocycles. The van der Waals surface area contributed by atoms with E-state index in [2.05, 4.69) is 22.3 Å². The molecule has 6 heteroatoms. The fourth-order valence-corrected chi connectivity index (χ4v) is 3.41. The lowest BCUT2D eigenvalue weighted by atomic mass is 10.1. The van der Waals surface area contributed by atoms with Crippen LogP contribution in [0.5, 0.6) is 0 Å². The lowest BCUT2D eigenvalue weighted by molar-refractivity contribution is 0.101. The Hall–Kier alpha value is -3.44. The molecular weight excluding hydrogens is 408 g/mol. The molecule has 0 saturated heterocycles. The highest BCUT2D eigenvalue weighted by molar-refractivity contribution is 6.30. The minimum Gasteiger partial charge on any atom is -0.319 e. The van der Waals surface area contributed by atoms with Crippen molar-refractivity contribution in [2.75, 3.05) is 5.32 Å². The summed E-state index contributed by atoms with van der Waals surface area (Å²) in [7, 11) is 0. The molecule has 4 aromatic rings. The van der Waals surface area contributed by atoms with Crippen LogP contribution in [0.1, 0.15) is 32.9 Å². The van der Waals surface area contributed by atoms with Crippen LogP contribution in [0.4, 0.5) is 5.69 Å². The normalized spacial score (nSPS) is 10.9. The summed E-state index contributed by atoms with van der Waals surface area (Å²) in [6.07, 6.45) is 0. The van der Waals surface area contributed by atoms with Crippen molar-refractivity contribution in [3.63, 3.8) is 0 Å². The molecule has 0 fully saturated rings. The van der Waals surface area contributed by atoms with E-state index in [0.717, 1.165) is 33.6 Å². The number of halogens is 1. The number of rotatable bonds is 4. The molecule has 0 atom stereocenters. The molecule has 0 unspecified atom stereocenters. The van der Waals surface area contributed by atoms with Crippen LogP contribution in [0.3, 0.4) is 0 Å². The molecule has 0 aliphatic heterocycles. The quantitative estimate of drug-likeness (QED) is 0.427. The number of carbonyl (C=O) groups excluding carboxylic acids is 1. The number of amides is 1. The van der Waals surface area contributed by atoms with Crippen molar-refractivity contribution in [2.24, 2.45) is 0 Å². The molecule has 1 N–H and O–H groups in total. The van der Waals surface area contributed by atoms with Crippen LogP contribution in [0, 0.1) is 27.7 Å².